The molecular weight excluding hydrogens is 329 g/mol. The van der Waals surface area contributed by atoms with Crippen LogP contribution in [0, 0.1) is 11.7 Å². The third kappa shape index (κ3) is 4.30. The number of carbonyl (C=O) groups is 1. The molecule has 4 nitrogen and oxygen atoms in total. The van der Waals surface area contributed by atoms with Crippen molar-refractivity contribution in [3.05, 3.63) is 59.1 Å². The molecule has 1 aromatic heterocycles. The van der Waals surface area contributed by atoms with Crippen LogP contribution in [0.2, 0.25) is 5.02 Å². The van der Waals surface area contributed by atoms with E-state index in [4.69, 9.17) is 11.6 Å². The second kappa shape index (κ2) is 7.73. The number of piperidine rings is 1. The number of hydrogen-bond donors (Lipinski definition) is 1. The van der Waals surface area contributed by atoms with Gasteiger partial charge in [0.2, 0.25) is 5.91 Å². The molecule has 0 saturated carbocycles. The zero-order valence-corrected chi connectivity index (χ0v) is 14.0. The molecule has 1 saturated heterocycles. The summed E-state index contributed by atoms with van der Waals surface area (Å²) in [5.74, 6) is -0.539. The van der Waals surface area contributed by atoms with E-state index in [9.17, 15) is 9.18 Å². The van der Waals surface area contributed by atoms with Crippen molar-refractivity contribution in [2.75, 3.05) is 18.4 Å². The maximum absolute atomic E-state index is 13.2. The summed E-state index contributed by atoms with van der Waals surface area (Å²) in [5.41, 5.74) is 1.76. The van der Waals surface area contributed by atoms with Crippen LogP contribution in [0.25, 0.3) is 0 Å². The average Bonchev–Trinajstić information content (AvgIpc) is 2.60. The molecule has 24 heavy (non-hydrogen) atoms. The Morgan fingerprint density at radius 3 is 2.62 bits per heavy atom. The van der Waals surface area contributed by atoms with Gasteiger partial charge >= 0.3 is 0 Å². The van der Waals surface area contributed by atoms with Crippen molar-refractivity contribution < 1.29 is 9.18 Å². The van der Waals surface area contributed by atoms with Crippen molar-refractivity contribution in [2.45, 2.75) is 19.4 Å². The number of nitrogens with one attached hydrogen (secondary N) is 1. The molecule has 0 radical (unpaired) electrons. The van der Waals surface area contributed by atoms with Crippen LogP contribution < -0.4 is 5.32 Å². The first-order valence-corrected chi connectivity index (χ1v) is 8.37. The van der Waals surface area contributed by atoms with Crippen LogP contribution >= 0.6 is 11.6 Å². The van der Waals surface area contributed by atoms with E-state index in [1.807, 2.05) is 12.1 Å². The maximum Gasteiger partial charge on any atom is 0.227 e. The number of rotatable bonds is 4. The van der Waals surface area contributed by atoms with Crippen molar-refractivity contribution in [3.63, 3.8) is 0 Å². The minimum atomic E-state index is -0.487. The second-order valence-corrected chi connectivity index (χ2v) is 6.43. The van der Waals surface area contributed by atoms with E-state index in [-0.39, 0.29) is 16.8 Å². The van der Waals surface area contributed by atoms with Gasteiger partial charge in [-0.15, -0.1) is 0 Å². The van der Waals surface area contributed by atoms with Gasteiger partial charge in [0.1, 0.15) is 5.82 Å². The summed E-state index contributed by atoms with van der Waals surface area (Å²) in [6.07, 6.45) is 5.21. The molecule has 0 bridgehead atoms. The molecule has 0 spiro atoms. The Kier molecular flexibility index (Phi) is 5.43. The first kappa shape index (κ1) is 16.9. The van der Waals surface area contributed by atoms with Crippen LogP contribution in [0.1, 0.15) is 18.4 Å². The fourth-order valence-electron chi connectivity index (χ4n) is 2.92. The Hall–Kier alpha value is -1.98. The molecule has 1 aliphatic heterocycles. The summed E-state index contributed by atoms with van der Waals surface area (Å²) in [6.45, 7) is 2.64. The zero-order valence-electron chi connectivity index (χ0n) is 13.2. The maximum atomic E-state index is 13.2. The Morgan fingerprint density at radius 1 is 1.25 bits per heavy atom. The van der Waals surface area contributed by atoms with Crippen molar-refractivity contribution in [1.29, 1.82) is 0 Å². The molecule has 0 aliphatic carbocycles. The molecule has 1 N–H and O–H groups in total. The Bertz CT molecular complexity index is 703. The summed E-state index contributed by atoms with van der Waals surface area (Å²) in [4.78, 5) is 18.7. The predicted octanol–water partition coefficient (Wildman–Crippen LogP) is 3.72. The quantitative estimate of drug-likeness (QED) is 0.916. The lowest BCUT2D eigenvalue weighted by Gasteiger charge is -2.31. The molecule has 3 rings (SSSR count). The van der Waals surface area contributed by atoms with Crippen LogP contribution in [0.4, 0.5) is 10.1 Å². The number of halogens is 2. The molecule has 2 heterocycles. The minimum Gasteiger partial charge on any atom is -0.326 e. The number of likely N-dealkylation sites (tertiary alicyclic amines) is 1. The molecule has 0 unspecified atom stereocenters. The zero-order chi connectivity index (χ0) is 16.9. The number of amides is 1. The van der Waals surface area contributed by atoms with Crippen LogP contribution in [-0.4, -0.2) is 28.9 Å². The van der Waals surface area contributed by atoms with Crippen LogP contribution in [0.5, 0.6) is 0 Å². The fourth-order valence-corrected chi connectivity index (χ4v) is 3.10. The molecule has 1 amide bonds. The van der Waals surface area contributed by atoms with Gasteiger partial charge < -0.3 is 5.32 Å². The molecule has 1 fully saturated rings. The topological polar surface area (TPSA) is 45.2 Å². The third-order valence-electron chi connectivity index (χ3n) is 4.30. The summed E-state index contributed by atoms with van der Waals surface area (Å²) >= 11 is 5.74. The number of anilines is 1. The van der Waals surface area contributed by atoms with Crippen molar-refractivity contribution in [1.82, 2.24) is 9.88 Å². The van der Waals surface area contributed by atoms with E-state index in [1.165, 1.54) is 23.8 Å². The van der Waals surface area contributed by atoms with E-state index in [2.05, 4.69) is 15.2 Å². The third-order valence-corrected chi connectivity index (χ3v) is 4.59. The Labute approximate surface area is 145 Å². The van der Waals surface area contributed by atoms with Gasteiger partial charge in [-0.1, -0.05) is 11.6 Å². The smallest absolute Gasteiger partial charge is 0.227 e. The second-order valence-electron chi connectivity index (χ2n) is 6.02. The van der Waals surface area contributed by atoms with E-state index in [0.29, 0.717) is 5.69 Å². The van der Waals surface area contributed by atoms with Gasteiger partial charge in [0.25, 0.3) is 0 Å². The molecule has 1 aliphatic rings. The minimum absolute atomic E-state index is 0.0139. The van der Waals surface area contributed by atoms with Gasteiger partial charge in [0.15, 0.2) is 0 Å². The number of carbonyl (C=O) groups excluding carboxylic acids is 1. The van der Waals surface area contributed by atoms with Crippen LogP contribution in [-0.2, 0) is 11.3 Å². The average molecular weight is 348 g/mol. The van der Waals surface area contributed by atoms with E-state index in [1.54, 1.807) is 12.4 Å². The monoisotopic (exact) mass is 347 g/mol. The molecular formula is C18H19ClFN3O. The number of pyridine rings is 1. The highest BCUT2D eigenvalue weighted by Gasteiger charge is 2.25. The normalized spacial score (nSPS) is 16.1. The van der Waals surface area contributed by atoms with E-state index < -0.39 is 5.82 Å². The molecule has 126 valence electrons. The Balaban J connectivity index is 1.50. The summed E-state index contributed by atoms with van der Waals surface area (Å²) < 4.78 is 13.2. The molecule has 1 aromatic carbocycles. The van der Waals surface area contributed by atoms with Crippen LogP contribution in [0.3, 0.4) is 0 Å². The van der Waals surface area contributed by atoms with E-state index >= 15 is 0 Å². The lowest BCUT2D eigenvalue weighted by Crippen LogP contribution is -2.37. The largest absolute Gasteiger partial charge is 0.326 e. The van der Waals surface area contributed by atoms with Crippen molar-refractivity contribution >= 4 is 23.2 Å². The highest BCUT2D eigenvalue weighted by atomic mass is 35.5. The first-order chi connectivity index (χ1) is 11.6. The summed E-state index contributed by atoms with van der Waals surface area (Å²) in [6, 6.07) is 8.24. The molecule has 2 aromatic rings. The lowest BCUT2D eigenvalue weighted by atomic mass is 9.95. The van der Waals surface area contributed by atoms with Crippen molar-refractivity contribution in [2.24, 2.45) is 5.92 Å². The van der Waals surface area contributed by atoms with Gasteiger partial charge in [0.05, 0.1) is 5.02 Å². The highest BCUT2D eigenvalue weighted by molar-refractivity contribution is 6.31. The summed E-state index contributed by atoms with van der Waals surface area (Å²) in [5, 5.41) is 2.84. The molecule has 6 heteroatoms. The van der Waals surface area contributed by atoms with E-state index in [0.717, 1.165) is 32.5 Å². The molecule has 0 atom stereocenters. The van der Waals surface area contributed by atoms with Gasteiger partial charge in [0, 0.05) is 30.5 Å². The van der Waals surface area contributed by atoms with Gasteiger partial charge in [-0.05, 0) is 61.8 Å². The van der Waals surface area contributed by atoms with Gasteiger partial charge in [-0.3, -0.25) is 14.7 Å². The number of hydrogen-bond acceptors (Lipinski definition) is 3. The fraction of sp³-hybridized carbons (Fsp3) is 0.333. The Morgan fingerprint density at radius 2 is 1.96 bits per heavy atom. The van der Waals surface area contributed by atoms with Gasteiger partial charge in [-0.25, -0.2) is 4.39 Å². The number of benzene rings is 1. The predicted molar refractivity (Wildman–Crippen MR) is 92.3 cm³/mol. The summed E-state index contributed by atoms with van der Waals surface area (Å²) in [7, 11) is 0. The highest BCUT2D eigenvalue weighted by Crippen LogP contribution is 2.23. The van der Waals surface area contributed by atoms with Gasteiger partial charge in [-0.2, -0.15) is 0 Å². The SMILES string of the molecule is O=C(Nc1ccc(F)c(Cl)c1)C1CCN(Cc2ccncc2)CC1. The number of aromatic nitrogens is 1. The van der Waals surface area contributed by atoms with Crippen LogP contribution in [0.15, 0.2) is 42.7 Å². The lowest BCUT2D eigenvalue weighted by molar-refractivity contribution is -0.121. The van der Waals surface area contributed by atoms with Crippen molar-refractivity contribution in [3.8, 4) is 0 Å². The number of nitrogens with zero attached hydrogens (tertiary/aromatic N) is 2. The standard InChI is InChI=1S/C18H19ClFN3O/c19-16-11-15(1-2-17(16)20)22-18(24)14-5-9-23(10-6-14)12-13-3-7-21-8-4-13/h1-4,7-8,11,14H,5-6,9-10,12H2,(H,22,24). The first-order valence-electron chi connectivity index (χ1n) is 7.99.